The Morgan fingerprint density at radius 1 is 1.13 bits per heavy atom. The highest BCUT2D eigenvalue weighted by atomic mass is 32.2. The van der Waals surface area contributed by atoms with Crippen LogP contribution in [0.25, 0.3) is 0 Å². The number of rotatable bonds is 9. The standard InChI is InChI=1S/C23H30N2O4S/c1-3-5-11-18(4-2)16-24-23(26)22-17-25(20-14-9-10-15-21(20)29-22)30(27,28)19-12-7-6-8-13-19/h6-10,12-15,18,22H,3-5,11,16-17H2,1-2H3,(H,24,26)/t18-,22+/m0/s1. The number of nitrogens with one attached hydrogen (secondary N) is 1. The van der Waals surface area contributed by atoms with Gasteiger partial charge in [0.1, 0.15) is 5.75 Å². The third-order valence-corrected chi connectivity index (χ3v) is 7.26. The Labute approximate surface area is 179 Å². The summed E-state index contributed by atoms with van der Waals surface area (Å²) < 4.78 is 33.7. The molecule has 0 aromatic heterocycles. The quantitative estimate of drug-likeness (QED) is 0.653. The Kier molecular flexibility index (Phi) is 7.37. The van der Waals surface area contributed by atoms with E-state index in [0.29, 0.717) is 23.9 Å². The minimum absolute atomic E-state index is 0.0637. The molecule has 1 amide bonds. The molecule has 0 bridgehead atoms. The number of para-hydroxylation sites is 2. The fourth-order valence-corrected chi connectivity index (χ4v) is 5.09. The number of hydrogen-bond acceptors (Lipinski definition) is 4. The van der Waals surface area contributed by atoms with E-state index in [-0.39, 0.29) is 17.3 Å². The van der Waals surface area contributed by atoms with Gasteiger partial charge in [-0.05, 0) is 36.6 Å². The number of unbranched alkanes of at least 4 members (excludes halogenated alkanes) is 1. The van der Waals surface area contributed by atoms with Gasteiger partial charge in [0, 0.05) is 6.54 Å². The molecule has 0 radical (unpaired) electrons. The van der Waals surface area contributed by atoms with E-state index in [1.165, 1.54) is 4.31 Å². The van der Waals surface area contributed by atoms with Gasteiger partial charge in [-0.2, -0.15) is 0 Å². The molecular weight excluding hydrogens is 400 g/mol. The number of sulfonamides is 1. The molecule has 2 aromatic carbocycles. The van der Waals surface area contributed by atoms with Gasteiger partial charge in [0.25, 0.3) is 15.9 Å². The molecule has 2 atom stereocenters. The van der Waals surface area contributed by atoms with Crippen molar-refractivity contribution in [3.05, 3.63) is 54.6 Å². The van der Waals surface area contributed by atoms with Crippen LogP contribution in [0.3, 0.4) is 0 Å². The van der Waals surface area contributed by atoms with E-state index in [0.717, 1.165) is 25.7 Å². The molecule has 2 aromatic rings. The lowest BCUT2D eigenvalue weighted by atomic mass is 9.99. The Morgan fingerprint density at radius 3 is 2.53 bits per heavy atom. The summed E-state index contributed by atoms with van der Waals surface area (Å²) >= 11 is 0. The molecular formula is C23H30N2O4S. The van der Waals surface area contributed by atoms with Crippen LogP contribution in [0.15, 0.2) is 59.5 Å². The summed E-state index contributed by atoms with van der Waals surface area (Å²) in [5.74, 6) is 0.517. The van der Waals surface area contributed by atoms with Crippen LogP contribution in [0, 0.1) is 5.92 Å². The predicted molar refractivity (Wildman–Crippen MR) is 118 cm³/mol. The normalized spacial score (nSPS) is 17.0. The summed E-state index contributed by atoms with van der Waals surface area (Å²) in [6.45, 7) is 4.78. The van der Waals surface area contributed by atoms with Crippen LogP contribution in [-0.2, 0) is 14.8 Å². The van der Waals surface area contributed by atoms with Crippen LogP contribution < -0.4 is 14.4 Å². The summed E-state index contributed by atoms with van der Waals surface area (Å²) in [6.07, 6.45) is 3.41. The topological polar surface area (TPSA) is 75.7 Å². The van der Waals surface area contributed by atoms with Crippen LogP contribution in [0.4, 0.5) is 5.69 Å². The fraction of sp³-hybridized carbons (Fsp3) is 0.435. The number of amides is 1. The fourth-order valence-electron chi connectivity index (χ4n) is 3.59. The molecule has 0 saturated heterocycles. The Hall–Kier alpha value is -2.54. The molecule has 7 heteroatoms. The molecule has 1 heterocycles. The molecule has 0 spiro atoms. The van der Waals surface area contributed by atoms with Crippen LogP contribution in [-0.4, -0.2) is 33.5 Å². The number of anilines is 1. The number of nitrogens with zero attached hydrogens (tertiary/aromatic N) is 1. The number of carbonyl (C=O) groups excluding carboxylic acids is 1. The molecule has 1 aliphatic heterocycles. The van der Waals surface area contributed by atoms with Gasteiger partial charge in [-0.3, -0.25) is 9.10 Å². The molecule has 0 unspecified atom stereocenters. The molecule has 30 heavy (non-hydrogen) atoms. The van der Waals surface area contributed by atoms with Crippen molar-refractivity contribution in [1.29, 1.82) is 0 Å². The molecule has 3 rings (SSSR count). The second-order valence-electron chi connectivity index (χ2n) is 7.59. The Balaban J connectivity index is 1.80. The van der Waals surface area contributed by atoms with Crippen molar-refractivity contribution in [3.8, 4) is 5.75 Å². The van der Waals surface area contributed by atoms with Gasteiger partial charge in [-0.1, -0.05) is 63.4 Å². The SMILES string of the molecule is CCCC[C@H](CC)CNC(=O)[C@H]1CN(S(=O)(=O)c2ccccc2)c2ccccc2O1. The average molecular weight is 431 g/mol. The first-order valence-electron chi connectivity index (χ1n) is 10.6. The van der Waals surface area contributed by atoms with Crippen molar-refractivity contribution in [1.82, 2.24) is 5.32 Å². The lowest BCUT2D eigenvalue weighted by Crippen LogP contribution is -2.51. The smallest absolute Gasteiger partial charge is 0.264 e. The highest BCUT2D eigenvalue weighted by molar-refractivity contribution is 7.92. The maximum Gasteiger partial charge on any atom is 0.264 e. The van der Waals surface area contributed by atoms with E-state index in [2.05, 4.69) is 19.2 Å². The highest BCUT2D eigenvalue weighted by Gasteiger charge is 2.37. The van der Waals surface area contributed by atoms with E-state index >= 15 is 0 Å². The second kappa shape index (κ2) is 9.98. The zero-order valence-electron chi connectivity index (χ0n) is 17.6. The molecule has 0 aliphatic carbocycles. The average Bonchev–Trinajstić information content (AvgIpc) is 2.78. The molecule has 0 saturated carbocycles. The van der Waals surface area contributed by atoms with Crippen LogP contribution in [0.5, 0.6) is 5.75 Å². The Morgan fingerprint density at radius 2 is 1.83 bits per heavy atom. The largest absolute Gasteiger partial charge is 0.476 e. The van der Waals surface area contributed by atoms with Gasteiger partial charge in [0.2, 0.25) is 0 Å². The van der Waals surface area contributed by atoms with E-state index in [1.54, 1.807) is 54.6 Å². The molecule has 0 fully saturated rings. The van der Waals surface area contributed by atoms with E-state index < -0.39 is 16.1 Å². The van der Waals surface area contributed by atoms with Gasteiger partial charge in [0.15, 0.2) is 6.10 Å². The van der Waals surface area contributed by atoms with Crippen LogP contribution in [0.2, 0.25) is 0 Å². The van der Waals surface area contributed by atoms with E-state index in [9.17, 15) is 13.2 Å². The second-order valence-corrected chi connectivity index (χ2v) is 9.45. The van der Waals surface area contributed by atoms with Crippen molar-refractivity contribution in [3.63, 3.8) is 0 Å². The van der Waals surface area contributed by atoms with Crippen molar-refractivity contribution in [2.45, 2.75) is 50.5 Å². The number of carbonyl (C=O) groups is 1. The zero-order valence-corrected chi connectivity index (χ0v) is 18.4. The summed E-state index contributed by atoms with van der Waals surface area (Å²) in [5.41, 5.74) is 0.444. The Bertz CT molecular complexity index is 947. The number of benzene rings is 2. The summed E-state index contributed by atoms with van der Waals surface area (Å²) in [7, 11) is -3.82. The van der Waals surface area contributed by atoms with Gasteiger partial charge in [0.05, 0.1) is 17.1 Å². The summed E-state index contributed by atoms with van der Waals surface area (Å²) in [5, 5.41) is 2.97. The van der Waals surface area contributed by atoms with Gasteiger partial charge >= 0.3 is 0 Å². The van der Waals surface area contributed by atoms with Crippen LogP contribution >= 0.6 is 0 Å². The first kappa shape index (κ1) is 22.2. The molecule has 6 nitrogen and oxygen atoms in total. The maximum atomic E-state index is 13.3. The third-order valence-electron chi connectivity index (χ3n) is 5.47. The number of ether oxygens (including phenoxy) is 1. The van der Waals surface area contributed by atoms with Gasteiger partial charge in [-0.25, -0.2) is 8.42 Å². The van der Waals surface area contributed by atoms with Gasteiger partial charge < -0.3 is 10.1 Å². The predicted octanol–water partition coefficient (Wildman–Crippen LogP) is 3.98. The highest BCUT2D eigenvalue weighted by Crippen LogP contribution is 2.36. The number of fused-ring (bicyclic) bond motifs is 1. The molecule has 162 valence electrons. The lowest BCUT2D eigenvalue weighted by molar-refractivity contribution is -0.127. The maximum absolute atomic E-state index is 13.3. The first-order chi connectivity index (χ1) is 14.5. The summed E-state index contributed by atoms with van der Waals surface area (Å²) in [4.78, 5) is 13.0. The van der Waals surface area contributed by atoms with E-state index in [1.807, 2.05) is 0 Å². The first-order valence-corrected chi connectivity index (χ1v) is 12.0. The van der Waals surface area contributed by atoms with Crippen LogP contribution in [0.1, 0.15) is 39.5 Å². The molecule has 1 aliphatic rings. The minimum atomic E-state index is -3.82. The van der Waals surface area contributed by atoms with Crippen molar-refractivity contribution in [2.75, 3.05) is 17.4 Å². The minimum Gasteiger partial charge on any atom is -0.476 e. The van der Waals surface area contributed by atoms with Crippen molar-refractivity contribution < 1.29 is 17.9 Å². The molecule has 1 N–H and O–H groups in total. The van der Waals surface area contributed by atoms with E-state index in [4.69, 9.17) is 4.74 Å². The van der Waals surface area contributed by atoms with Gasteiger partial charge in [-0.15, -0.1) is 0 Å². The van der Waals surface area contributed by atoms with Crippen molar-refractivity contribution in [2.24, 2.45) is 5.92 Å². The zero-order chi connectivity index (χ0) is 21.6. The summed E-state index contributed by atoms with van der Waals surface area (Å²) in [6, 6.07) is 15.2. The number of hydrogen-bond donors (Lipinski definition) is 1. The monoisotopic (exact) mass is 430 g/mol. The third kappa shape index (κ3) is 4.95. The lowest BCUT2D eigenvalue weighted by Gasteiger charge is -2.35. The van der Waals surface area contributed by atoms with Crippen molar-refractivity contribution >= 4 is 21.6 Å².